The Balaban J connectivity index is 0.718. The molecule has 31 N–H and O–H groups in total. The van der Waals surface area contributed by atoms with E-state index in [2.05, 4.69) is 130 Å². The first-order valence-electron chi connectivity index (χ1n) is 46.4. The second-order valence-electron chi connectivity index (χ2n) is 34.1. The highest BCUT2D eigenvalue weighted by molar-refractivity contribution is 5.99. The minimum Gasteiger partial charge on any atom is -0.370 e. The number of rotatable bonds is 61. The number of guanidine groups is 2. The van der Waals surface area contributed by atoms with Crippen molar-refractivity contribution >= 4 is 128 Å². The molecule has 4 aromatic carbocycles. The normalized spacial score (nSPS) is 13.2. The molecule has 0 radical (unpaired) electrons. The maximum absolute atomic E-state index is 14.6. The molecular weight excluding hydrogens is 1850 g/mol. The molecule has 0 saturated heterocycles. The number of hydrogen-bond donors (Lipinski definition) is 26. The van der Waals surface area contributed by atoms with Crippen LogP contribution in [0.4, 0.5) is 0 Å². The fraction of sp³-hybridized carbons (Fsp3) is 0.398. The van der Waals surface area contributed by atoms with E-state index in [0.717, 1.165) is 21.8 Å². The number of nitrogens with two attached hydrogens (primary N) is 5. The van der Waals surface area contributed by atoms with Gasteiger partial charge in [0.05, 0.1) is 42.0 Å². The summed E-state index contributed by atoms with van der Waals surface area (Å²) >= 11 is 0. The number of H-pyrrole nitrogens is 4. The smallest absolute Gasteiger partial charge is 0.245 e. The molecular formula is C93H122N34O16. The van der Waals surface area contributed by atoms with Crippen LogP contribution in [-0.4, -0.2) is 259 Å². The van der Waals surface area contributed by atoms with Crippen LogP contribution in [0.2, 0.25) is 0 Å². The number of para-hydroxylation sites is 2. The molecule has 50 nitrogen and oxygen atoms in total. The van der Waals surface area contributed by atoms with Crippen LogP contribution >= 0.6 is 0 Å². The summed E-state index contributed by atoms with van der Waals surface area (Å²) in [4.78, 5) is 240. The van der Waals surface area contributed by atoms with Crippen molar-refractivity contribution < 1.29 is 76.7 Å². The number of carbonyl (C=O) groups is 16. The summed E-state index contributed by atoms with van der Waals surface area (Å²) in [5.74, 6) is -12.3. The summed E-state index contributed by atoms with van der Waals surface area (Å²) < 4.78 is 2.41. The lowest BCUT2D eigenvalue weighted by molar-refractivity contribution is -0.134. The van der Waals surface area contributed by atoms with Crippen molar-refractivity contribution in [2.45, 2.75) is 196 Å². The molecule has 0 spiro atoms. The van der Waals surface area contributed by atoms with Crippen LogP contribution in [0.1, 0.15) is 123 Å². The molecule has 0 fully saturated rings. The third-order valence-electron chi connectivity index (χ3n) is 23.0. The Labute approximate surface area is 819 Å². The molecule has 10 aromatic rings. The van der Waals surface area contributed by atoms with E-state index in [-0.39, 0.29) is 191 Å². The maximum atomic E-state index is 14.6. The van der Waals surface area contributed by atoms with Gasteiger partial charge in [-0.2, -0.15) is 0 Å². The number of imidazole rings is 2. The average Bonchev–Trinajstić information content (AvgIpc) is 1.79. The van der Waals surface area contributed by atoms with E-state index in [4.69, 9.17) is 39.5 Å². The highest BCUT2D eigenvalue weighted by Gasteiger charge is 2.41. The number of nitrogens with zero attached hydrogens (tertiary/aromatic N) is 8. The quantitative estimate of drug-likeness (QED) is 0.00970. The molecule has 50 heteroatoms. The Kier molecular flexibility index (Phi) is 41.3. The van der Waals surface area contributed by atoms with Crippen molar-refractivity contribution in [3.8, 4) is 0 Å². The molecule has 760 valence electrons. The lowest BCUT2D eigenvalue weighted by Crippen LogP contribution is -2.60. The Morgan fingerprint density at radius 1 is 0.385 bits per heavy atom. The zero-order valence-corrected chi connectivity index (χ0v) is 78.7. The van der Waals surface area contributed by atoms with E-state index in [0.29, 0.717) is 33.6 Å². The number of nitrogens with one attached hydrogen (secondary N) is 21. The van der Waals surface area contributed by atoms with Gasteiger partial charge in [-0.15, -0.1) is 10.2 Å². The van der Waals surface area contributed by atoms with Crippen LogP contribution in [0.25, 0.3) is 21.8 Å². The number of aromatic amines is 4. The Morgan fingerprint density at radius 2 is 0.769 bits per heavy atom. The Bertz CT molecular complexity index is 5690. The van der Waals surface area contributed by atoms with E-state index < -0.39 is 155 Å². The number of benzene rings is 4. The minimum absolute atomic E-state index is 0.00568. The SMILES string of the molecule is CC(=O)NCC(=O)NC(CCCNC(=O)Cn1cc(CCC(=O)N[C@@H](Cc2c[nH]cn2)C(=O)N[C@H](Cc2ccccc2)C(=O)N[C@@H](CCCNC(=N)N)C(=O)N[C@@H](Cc2c[nH]c3ccccc23)C(N)=O)nn1)(CCCNC(=O)Cn1cc(CCC(=O)N[C@@H](Cc2c[nH]cn2)C(=O)N[C@H](Cc2ccccc2)C(=O)N[C@@H](CCCNC(=N)N)C(=O)N[C@@H](Cc2c[nH]c3ccccc23)C(N)=O)nn1)C(=O)NCCC(N)=O. The Morgan fingerprint density at radius 3 is 1.16 bits per heavy atom. The van der Waals surface area contributed by atoms with Gasteiger partial charge in [-0.25, -0.2) is 19.3 Å². The molecule has 6 heterocycles. The average molecular weight is 1970 g/mol. The number of aryl methyl sites for hydroxylation is 2. The molecule has 0 aliphatic heterocycles. The maximum Gasteiger partial charge on any atom is 0.245 e. The van der Waals surface area contributed by atoms with Crippen LogP contribution in [0.3, 0.4) is 0 Å². The molecule has 0 saturated carbocycles. The van der Waals surface area contributed by atoms with Gasteiger partial charge in [0.1, 0.15) is 67.0 Å². The van der Waals surface area contributed by atoms with Gasteiger partial charge in [-0.05, 0) is 85.8 Å². The first kappa shape index (κ1) is 108. The molecule has 6 aromatic heterocycles. The molecule has 0 aliphatic rings. The summed E-state index contributed by atoms with van der Waals surface area (Å²) in [6.07, 6.45) is 10.7. The number of primary amides is 3. The van der Waals surface area contributed by atoms with Crippen LogP contribution in [-0.2, 0) is 141 Å². The second kappa shape index (κ2) is 54.8. The summed E-state index contributed by atoms with van der Waals surface area (Å²) in [5, 5.41) is 73.8. The van der Waals surface area contributed by atoms with Gasteiger partial charge < -0.3 is 128 Å². The van der Waals surface area contributed by atoms with Gasteiger partial charge in [0, 0.05) is 169 Å². The first-order chi connectivity index (χ1) is 68.7. The van der Waals surface area contributed by atoms with Crippen molar-refractivity contribution in [3.63, 3.8) is 0 Å². The van der Waals surface area contributed by atoms with Crippen molar-refractivity contribution in [1.29, 1.82) is 10.8 Å². The predicted molar refractivity (Wildman–Crippen MR) is 519 cm³/mol. The summed E-state index contributed by atoms with van der Waals surface area (Å²) in [7, 11) is 0. The Hall–Kier alpha value is -17.3. The summed E-state index contributed by atoms with van der Waals surface area (Å²) in [6.45, 7) is -0.305. The topological polar surface area (TPSA) is 782 Å². The molecule has 10 rings (SSSR count). The van der Waals surface area contributed by atoms with Crippen molar-refractivity contribution in [3.05, 3.63) is 204 Å². The molecule has 143 heavy (non-hydrogen) atoms. The standard InChI is InChI=1S/C93H122N34O16/c1-55(128)108-48-79(132)121-93(90(143)105-37-30-76(94)129,31-14-35-103-80(133)51-126-49-60(122-124-126)26-28-77(130)113-74(42-62-46-101-53-111-62)88(141)119-72(38-56-16-4-2-5-17-56)86(139)115-68(24-12-33-106-91(97)98)84(137)117-70(82(95)135)40-58-44-109-66-22-10-8-20-64(58)66)32-15-36-104-81(134)52-127-50-61(123-125-127)27-29-78(131)114-75(43-63-47-102-54-112-63)89(142)120-73(39-57-18-6-3-7-19-57)87(140)116-69(25-13-34-107-92(99)100)85(138)118-71(83(96)136)41-59-45-110-67-23-11-9-21-65(59)67/h2-11,16-23,44-47,49-50,53-54,68-75,109-110H,12-15,24-43,48,51-52H2,1H3,(H2,94,129)(H2,95,135)(H2,96,136)(H,101,111)(H,102,112)(H,103,133)(H,104,134)(H,105,143)(H,108,128)(H,113,130)(H,114,131)(H,115,139)(H,116,140)(H,117,137)(H,118,138)(H,119,141)(H,120,142)(H,121,132)(H4,97,98,106)(H4,99,100,107)/t68-,69-,70-,71-,72+,73+,74-,75-/m0/s1. The highest BCUT2D eigenvalue weighted by Crippen LogP contribution is 2.24. The molecule has 8 atom stereocenters. The minimum atomic E-state index is -1.80. The van der Waals surface area contributed by atoms with Crippen molar-refractivity contribution in [2.75, 3.05) is 39.3 Å². The zero-order chi connectivity index (χ0) is 103. The third kappa shape index (κ3) is 35.9. The monoisotopic (exact) mass is 1970 g/mol. The van der Waals surface area contributed by atoms with Gasteiger partial charge in [0.2, 0.25) is 94.5 Å². The zero-order valence-electron chi connectivity index (χ0n) is 78.7. The number of carbonyl (C=O) groups excluding carboxylic acids is 16. The van der Waals surface area contributed by atoms with E-state index in [1.165, 1.54) is 53.7 Å². The molecule has 0 unspecified atom stereocenters. The van der Waals surface area contributed by atoms with Crippen molar-refractivity contribution in [1.82, 2.24) is 140 Å². The molecule has 16 amide bonds. The lowest BCUT2D eigenvalue weighted by Gasteiger charge is -2.34. The van der Waals surface area contributed by atoms with Gasteiger partial charge in [-0.1, -0.05) is 107 Å². The van der Waals surface area contributed by atoms with Crippen LogP contribution in [0.15, 0.2) is 159 Å². The number of amides is 16. The van der Waals surface area contributed by atoms with Gasteiger partial charge >= 0.3 is 0 Å². The van der Waals surface area contributed by atoms with E-state index >= 15 is 0 Å². The largest absolute Gasteiger partial charge is 0.370 e. The van der Waals surface area contributed by atoms with Crippen molar-refractivity contribution in [2.24, 2.45) is 28.7 Å². The van der Waals surface area contributed by atoms with E-state index in [1.54, 1.807) is 73.1 Å². The molecule has 0 aliphatic carbocycles. The third-order valence-corrected chi connectivity index (χ3v) is 23.0. The number of hydrogen-bond acceptors (Lipinski definition) is 24. The van der Waals surface area contributed by atoms with Crippen LogP contribution < -0.4 is 108 Å². The lowest BCUT2D eigenvalue weighted by atomic mass is 9.86. The fourth-order valence-electron chi connectivity index (χ4n) is 15.7. The van der Waals surface area contributed by atoms with E-state index in [1.807, 2.05) is 48.5 Å². The highest BCUT2D eigenvalue weighted by atomic mass is 16.2. The first-order valence-corrected chi connectivity index (χ1v) is 46.4. The van der Waals surface area contributed by atoms with Gasteiger partial charge in [-0.3, -0.25) is 87.5 Å². The van der Waals surface area contributed by atoms with E-state index in [9.17, 15) is 76.7 Å². The second-order valence-corrected chi connectivity index (χ2v) is 34.1. The number of fused-ring (bicyclic) bond motifs is 2. The predicted octanol–water partition coefficient (Wildman–Crippen LogP) is -4.55. The van der Waals surface area contributed by atoms with Gasteiger partial charge in [0.15, 0.2) is 11.9 Å². The number of aromatic nitrogens is 12. The van der Waals surface area contributed by atoms with Crippen LogP contribution in [0.5, 0.6) is 0 Å². The summed E-state index contributed by atoms with van der Waals surface area (Å²) in [5.41, 5.74) is 31.8. The fourth-order valence-corrected chi connectivity index (χ4v) is 15.7. The van der Waals surface area contributed by atoms with Crippen LogP contribution in [0, 0.1) is 10.8 Å². The molecule has 0 bridgehead atoms. The summed E-state index contributed by atoms with van der Waals surface area (Å²) in [6, 6.07) is 21.6. The van der Waals surface area contributed by atoms with Gasteiger partial charge in [0.25, 0.3) is 0 Å².